The van der Waals surface area contributed by atoms with Crippen LogP contribution in [0.5, 0.6) is 0 Å². The van der Waals surface area contributed by atoms with E-state index >= 15 is 0 Å². The van der Waals surface area contributed by atoms with Gasteiger partial charge >= 0.3 is 0 Å². The molecule has 4 nitrogen and oxygen atoms in total. The van der Waals surface area contributed by atoms with Crippen LogP contribution in [0.15, 0.2) is 36.7 Å². The summed E-state index contributed by atoms with van der Waals surface area (Å²) in [5.74, 6) is 0.482. The Kier molecular flexibility index (Phi) is 4.03. The van der Waals surface area contributed by atoms with Gasteiger partial charge in [0.05, 0.1) is 5.02 Å². The number of rotatable bonds is 2. The van der Waals surface area contributed by atoms with Gasteiger partial charge in [0.15, 0.2) is 0 Å². The minimum Gasteiger partial charge on any atom is -0.371 e. The molecule has 0 N–H and O–H groups in total. The molecular formula is C16H15ClN4. The number of aromatic nitrogens is 2. The third-order valence-corrected chi connectivity index (χ3v) is 4.11. The normalized spacial score (nSPS) is 15.7. The Morgan fingerprint density at radius 1 is 1.19 bits per heavy atom. The Labute approximate surface area is 129 Å². The second kappa shape index (κ2) is 6.11. The lowest BCUT2D eigenvalue weighted by Gasteiger charge is -2.33. The number of nitriles is 1. The molecule has 1 fully saturated rings. The molecule has 0 saturated carbocycles. The fourth-order valence-corrected chi connectivity index (χ4v) is 2.85. The first-order chi connectivity index (χ1) is 10.3. The van der Waals surface area contributed by atoms with Gasteiger partial charge in [0, 0.05) is 42.8 Å². The predicted octanol–water partition coefficient (Wildman–Crippen LogP) is 3.39. The molecule has 2 aromatic rings. The Hall–Kier alpha value is -2.12. The number of halogens is 1. The minimum atomic E-state index is 0.467. The molecular weight excluding hydrogens is 284 g/mol. The van der Waals surface area contributed by atoms with Crippen molar-refractivity contribution >= 4 is 17.3 Å². The molecule has 1 saturated heterocycles. The summed E-state index contributed by atoms with van der Waals surface area (Å²) in [4.78, 5) is 10.7. The molecule has 21 heavy (non-hydrogen) atoms. The Bertz CT molecular complexity index is 655. The van der Waals surface area contributed by atoms with Crippen LogP contribution in [0, 0.1) is 11.3 Å². The molecule has 106 valence electrons. The van der Waals surface area contributed by atoms with Crippen LogP contribution in [0.25, 0.3) is 0 Å². The third kappa shape index (κ3) is 3.14. The van der Waals surface area contributed by atoms with Crippen molar-refractivity contribution < 1.29 is 0 Å². The quantitative estimate of drug-likeness (QED) is 0.853. The van der Waals surface area contributed by atoms with Crippen molar-refractivity contribution in [2.75, 3.05) is 18.0 Å². The molecule has 0 aromatic carbocycles. The first kappa shape index (κ1) is 13.8. The van der Waals surface area contributed by atoms with Gasteiger partial charge in [-0.1, -0.05) is 11.6 Å². The van der Waals surface area contributed by atoms with Gasteiger partial charge in [-0.2, -0.15) is 5.26 Å². The molecule has 3 heterocycles. The average Bonchev–Trinajstić information content (AvgIpc) is 2.56. The zero-order valence-corrected chi connectivity index (χ0v) is 12.3. The summed E-state index contributed by atoms with van der Waals surface area (Å²) in [6.45, 7) is 1.92. The number of nitrogens with zero attached hydrogens (tertiary/aromatic N) is 4. The highest BCUT2D eigenvalue weighted by Crippen LogP contribution is 2.29. The zero-order chi connectivity index (χ0) is 14.7. The molecule has 2 aromatic heterocycles. The van der Waals surface area contributed by atoms with Gasteiger partial charge in [0.1, 0.15) is 11.8 Å². The van der Waals surface area contributed by atoms with Crippen LogP contribution in [0.3, 0.4) is 0 Å². The van der Waals surface area contributed by atoms with Crippen molar-refractivity contribution in [3.05, 3.63) is 53.1 Å². The van der Waals surface area contributed by atoms with Crippen molar-refractivity contribution in [1.82, 2.24) is 9.97 Å². The van der Waals surface area contributed by atoms with Gasteiger partial charge in [0.25, 0.3) is 0 Å². The first-order valence-corrected chi connectivity index (χ1v) is 7.36. The smallest absolute Gasteiger partial charge is 0.142 e. The number of anilines is 1. The van der Waals surface area contributed by atoms with E-state index in [0.717, 1.165) is 37.3 Å². The summed E-state index contributed by atoms with van der Waals surface area (Å²) >= 11 is 5.88. The maximum absolute atomic E-state index is 8.92. The second-order valence-electron chi connectivity index (χ2n) is 5.17. The molecule has 0 radical (unpaired) electrons. The Balaban J connectivity index is 1.67. The van der Waals surface area contributed by atoms with Crippen LogP contribution in [0.1, 0.15) is 30.1 Å². The maximum atomic E-state index is 8.92. The zero-order valence-electron chi connectivity index (χ0n) is 11.5. The maximum Gasteiger partial charge on any atom is 0.142 e. The summed E-state index contributed by atoms with van der Waals surface area (Å²) in [5, 5.41) is 9.60. The summed E-state index contributed by atoms with van der Waals surface area (Å²) < 4.78 is 0. The standard InChI is InChI=1S/C16H15ClN4/c17-13-1-2-16(20-11-13)12-4-7-21(8-5-12)15-3-6-19-14(9-15)10-18/h1-3,6,9,11-12H,4-5,7-8H2. The van der Waals surface area contributed by atoms with Gasteiger partial charge in [-0.25, -0.2) is 4.98 Å². The van der Waals surface area contributed by atoms with Gasteiger partial charge in [0.2, 0.25) is 0 Å². The van der Waals surface area contributed by atoms with Crippen LogP contribution in [-0.2, 0) is 0 Å². The number of hydrogen-bond donors (Lipinski definition) is 0. The fourth-order valence-electron chi connectivity index (χ4n) is 2.74. The van der Waals surface area contributed by atoms with Gasteiger partial charge in [-0.15, -0.1) is 0 Å². The van der Waals surface area contributed by atoms with E-state index in [-0.39, 0.29) is 0 Å². The summed E-state index contributed by atoms with van der Waals surface area (Å²) in [5.41, 5.74) is 2.66. The topological polar surface area (TPSA) is 52.8 Å². The molecule has 1 aliphatic rings. The highest BCUT2D eigenvalue weighted by atomic mass is 35.5. The van der Waals surface area contributed by atoms with Crippen molar-refractivity contribution in [3.63, 3.8) is 0 Å². The van der Waals surface area contributed by atoms with Gasteiger partial charge in [-0.3, -0.25) is 4.98 Å². The first-order valence-electron chi connectivity index (χ1n) is 6.99. The summed E-state index contributed by atoms with van der Waals surface area (Å²) in [6.07, 6.45) is 5.52. The van der Waals surface area contributed by atoms with E-state index in [1.54, 1.807) is 12.4 Å². The van der Waals surface area contributed by atoms with Crippen molar-refractivity contribution in [3.8, 4) is 6.07 Å². The summed E-state index contributed by atoms with van der Waals surface area (Å²) in [7, 11) is 0. The molecule has 0 spiro atoms. The monoisotopic (exact) mass is 298 g/mol. The Morgan fingerprint density at radius 3 is 2.67 bits per heavy atom. The number of pyridine rings is 2. The molecule has 0 aliphatic carbocycles. The van der Waals surface area contributed by atoms with Crippen LogP contribution in [0.2, 0.25) is 5.02 Å². The molecule has 1 aliphatic heterocycles. The molecule has 0 bridgehead atoms. The molecule has 0 unspecified atom stereocenters. The molecule has 5 heteroatoms. The van der Waals surface area contributed by atoms with E-state index in [9.17, 15) is 0 Å². The van der Waals surface area contributed by atoms with Crippen molar-refractivity contribution in [2.24, 2.45) is 0 Å². The van der Waals surface area contributed by atoms with Crippen molar-refractivity contribution in [1.29, 1.82) is 5.26 Å². The molecule has 0 atom stereocenters. The van der Waals surface area contributed by atoms with E-state index < -0.39 is 0 Å². The third-order valence-electron chi connectivity index (χ3n) is 3.89. The van der Waals surface area contributed by atoms with Crippen LogP contribution in [-0.4, -0.2) is 23.1 Å². The minimum absolute atomic E-state index is 0.467. The fraction of sp³-hybridized carbons (Fsp3) is 0.312. The largest absolute Gasteiger partial charge is 0.371 e. The average molecular weight is 299 g/mol. The SMILES string of the molecule is N#Cc1cc(N2CCC(c3ccc(Cl)cn3)CC2)ccn1. The molecule has 3 rings (SSSR count). The Morgan fingerprint density at radius 2 is 2.00 bits per heavy atom. The van der Waals surface area contributed by atoms with Crippen LogP contribution in [0.4, 0.5) is 5.69 Å². The lowest BCUT2D eigenvalue weighted by Crippen LogP contribution is -2.33. The molecule has 0 amide bonds. The van der Waals surface area contributed by atoms with E-state index in [1.807, 2.05) is 24.3 Å². The van der Waals surface area contributed by atoms with Gasteiger partial charge in [-0.05, 0) is 37.1 Å². The van der Waals surface area contributed by atoms with Gasteiger partial charge < -0.3 is 4.90 Å². The van der Waals surface area contributed by atoms with E-state index in [1.165, 1.54) is 0 Å². The number of piperidine rings is 1. The lowest BCUT2D eigenvalue weighted by molar-refractivity contribution is 0.496. The van der Waals surface area contributed by atoms with Crippen LogP contribution >= 0.6 is 11.6 Å². The predicted molar refractivity (Wildman–Crippen MR) is 82.4 cm³/mol. The number of hydrogen-bond acceptors (Lipinski definition) is 4. The van der Waals surface area contributed by atoms with E-state index in [0.29, 0.717) is 16.6 Å². The van der Waals surface area contributed by atoms with Crippen LogP contribution < -0.4 is 4.90 Å². The lowest BCUT2D eigenvalue weighted by atomic mass is 9.93. The van der Waals surface area contributed by atoms with Crippen molar-refractivity contribution in [2.45, 2.75) is 18.8 Å². The van der Waals surface area contributed by atoms with E-state index in [2.05, 4.69) is 20.9 Å². The summed E-state index contributed by atoms with van der Waals surface area (Å²) in [6, 6.07) is 9.81. The highest BCUT2D eigenvalue weighted by Gasteiger charge is 2.21. The van der Waals surface area contributed by atoms with E-state index in [4.69, 9.17) is 16.9 Å². The second-order valence-corrected chi connectivity index (χ2v) is 5.61. The highest BCUT2D eigenvalue weighted by molar-refractivity contribution is 6.30.